The fraction of sp³-hybridized carbons (Fsp3) is 0.360. The predicted octanol–water partition coefficient (Wildman–Crippen LogP) is 4.36. The van der Waals surface area contributed by atoms with Crippen molar-refractivity contribution < 1.29 is 19.3 Å². The van der Waals surface area contributed by atoms with Gasteiger partial charge in [-0.05, 0) is 53.4 Å². The standard InChI is InChI=1S/C25H26FNO3/c26-20-7-8-24-21(14-20)22(28)15-25(30-24)9-11-27(12-10-25)16-23(29)19-6-5-17-3-1-2-4-18(17)13-19/h1-8,13-14,22-23,28-29H,9-12,15-16H2/t22-,23-/m1/s1. The SMILES string of the molecule is O[C@H](CN1CCC2(CC1)C[C@@H](O)c1cc(F)ccc1O2)c1ccc2ccccc2c1. The summed E-state index contributed by atoms with van der Waals surface area (Å²) >= 11 is 0. The zero-order valence-electron chi connectivity index (χ0n) is 16.8. The minimum absolute atomic E-state index is 0.357. The third-order valence-electron chi connectivity index (χ3n) is 6.58. The van der Waals surface area contributed by atoms with Gasteiger partial charge in [-0.3, -0.25) is 0 Å². The molecule has 5 rings (SSSR count). The second kappa shape index (κ2) is 7.65. The quantitative estimate of drug-likeness (QED) is 0.677. The Morgan fingerprint density at radius 3 is 2.60 bits per heavy atom. The van der Waals surface area contributed by atoms with Crippen LogP contribution in [0.5, 0.6) is 5.75 Å². The molecule has 0 saturated carbocycles. The minimum Gasteiger partial charge on any atom is -0.487 e. The molecule has 1 fully saturated rings. The number of likely N-dealkylation sites (tertiary alicyclic amines) is 1. The number of fused-ring (bicyclic) bond motifs is 2. The van der Waals surface area contributed by atoms with Crippen molar-refractivity contribution in [2.75, 3.05) is 19.6 Å². The van der Waals surface area contributed by atoms with Gasteiger partial charge < -0.3 is 19.8 Å². The van der Waals surface area contributed by atoms with Gasteiger partial charge in [-0.2, -0.15) is 0 Å². The average molecular weight is 407 g/mol. The van der Waals surface area contributed by atoms with Crippen molar-refractivity contribution in [2.45, 2.75) is 37.1 Å². The van der Waals surface area contributed by atoms with Crippen molar-refractivity contribution in [1.29, 1.82) is 0 Å². The number of piperidine rings is 1. The largest absolute Gasteiger partial charge is 0.487 e. The van der Waals surface area contributed by atoms with Gasteiger partial charge >= 0.3 is 0 Å². The first-order chi connectivity index (χ1) is 14.5. The van der Waals surface area contributed by atoms with Gasteiger partial charge in [-0.15, -0.1) is 0 Å². The number of hydrogen-bond acceptors (Lipinski definition) is 4. The molecule has 0 unspecified atom stereocenters. The number of aliphatic hydroxyl groups is 2. The number of halogens is 1. The Kier molecular flexibility index (Phi) is 4.97. The fourth-order valence-electron chi connectivity index (χ4n) is 4.82. The minimum atomic E-state index is -0.709. The molecule has 2 N–H and O–H groups in total. The monoisotopic (exact) mass is 407 g/mol. The number of benzene rings is 3. The maximum absolute atomic E-state index is 13.5. The molecule has 156 valence electrons. The molecular weight excluding hydrogens is 381 g/mol. The van der Waals surface area contributed by atoms with Gasteiger partial charge in [0.05, 0.1) is 12.2 Å². The Morgan fingerprint density at radius 2 is 1.80 bits per heavy atom. The molecule has 30 heavy (non-hydrogen) atoms. The van der Waals surface area contributed by atoms with Crippen LogP contribution in [0.15, 0.2) is 60.7 Å². The van der Waals surface area contributed by atoms with E-state index >= 15 is 0 Å². The summed E-state index contributed by atoms with van der Waals surface area (Å²) in [6.45, 7) is 2.14. The number of ether oxygens (including phenoxy) is 1. The molecule has 2 aliphatic heterocycles. The Labute approximate surface area is 175 Å². The second-order valence-electron chi connectivity index (χ2n) is 8.61. The van der Waals surface area contributed by atoms with Crippen LogP contribution in [0.2, 0.25) is 0 Å². The highest BCUT2D eigenvalue weighted by Crippen LogP contribution is 2.44. The molecule has 0 amide bonds. The normalized spacial score (nSPS) is 21.9. The van der Waals surface area contributed by atoms with Crippen LogP contribution < -0.4 is 4.74 Å². The van der Waals surface area contributed by atoms with Gasteiger partial charge in [0.15, 0.2) is 0 Å². The third kappa shape index (κ3) is 3.69. The molecule has 2 atom stereocenters. The molecule has 2 aliphatic rings. The van der Waals surface area contributed by atoms with Crippen molar-refractivity contribution in [2.24, 2.45) is 0 Å². The van der Waals surface area contributed by atoms with E-state index < -0.39 is 17.8 Å². The molecule has 0 radical (unpaired) electrons. The summed E-state index contributed by atoms with van der Waals surface area (Å²) in [7, 11) is 0. The summed E-state index contributed by atoms with van der Waals surface area (Å²) in [4.78, 5) is 2.25. The zero-order chi connectivity index (χ0) is 20.7. The van der Waals surface area contributed by atoms with Crippen molar-refractivity contribution in [3.8, 4) is 5.75 Å². The van der Waals surface area contributed by atoms with E-state index in [1.807, 2.05) is 18.2 Å². The molecule has 3 aromatic rings. The van der Waals surface area contributed by atoms with Gasteiger partial charge in [-0.1, -0.05) is 36.4 Å². The van der Waals surface area contributed by atoms with Crippen LogP contribution in [0.1, 0.15) is 42.6 Å². The van der Waals surface area contributed by atoms with E-state index in [0.29, 0.717) is 24.3 Å². The van der Waals surface area contributed by atoms with E-state index in [1.165, 1.54) is 17.5 Å². The predicted molar refractivity (Wildman–Crippen MR) is 114 cm³/mol. The zero-order valence-corrected chi connectivity index (χ0v) is 16.8. The number of hydrogen-bond donors (Lipinski definition) is 2. The molecule has 4 nitrogen and oxygen atoms in total. The maximum atomic E-state index is 13.5. The molecule has 3 aromatic carbocycles. The van der Waals surface area contributed by atoms with Gasteiger partial charge in [0, 0.05) is 31.6 Å². The highest BCUT2D eigenvalue weighted by atomic mass is 19.1. The van der Waals surface area contributed by atoms with Crippen molar-refractivity contribution in [1.82, 2.24) is 4.90 Å². The Balaban J connectivity index is 1.24. The second-order valence-corrected chi connectivity index (χ2v) is 8.61. The van der Waals surface area contributed by atoms with E-state index in [4.69, 9.17) is 4.74 Å². The lowest BCUT2D eigenvalue weighted by Crippen LogP contribution is -2.51. The lowest BCUT2D eigenvalue weighted by atomic mass is 9.81. The number of β-amino-alcohol motifs (C(OH)–C–C–N with tert-alkyl or cyclic N) is 1. The fourth-order valence-corrected chi connectivity index (χ4v) is 4.82. The van der Waals surface area contributed by atoms with Crippen molar-refractivity contribution >= 4 is 10.8 Å². The molecular formula is C25H26FNO3. The first-order valence-electron chi connectivity index (χ1n) is 10.6. The summed E-state index contributed by atoms with van der Waals surface area (Å²) in [5, 5.41) is 23.6. The molecule has 1 spiro atoms. The van der Waals surface area contributed by atoms with E-state index in [2.05, 4.69) is 29.2 Å². The summed E-state index contributed by atoms with van der Waals surface area (Å²) in [6, 6.07) is 18.6. The van der Waals surface area contributed by atoms with E-state index in [9.17, 15) is 14.6 Å². The number of rotatable bonds is 3. The number of aliphatic hydroxyl groups excluding tert-OH is 2. The van der Waals surface area contributed by atoms with Crippen LogP contribution in [0.25, 0.3) is 10.8 Å². The Morgan fingerprint density at radius 1 is 1.03 bits per heavy atom. The summed E-state index contributed by atoms with van der Waals surface area (Å²) in [5.41, 5.74) is 1.04. The molecule has 1 saturated heterocycles. The van der Waals surface area contributed by atoms with Crippen LogP contribution >= 0.6 is 0 Å². The molecule has 0 aromatic heterocycles. The van der Waals surface area contributed by atoms with Gasteiger partial charge in [0.25, 0.3) is 0 Å². The van der Waals surface area contributed by atoms with Crippen LogP contribution in [-0.4, -0.2) is 40.3 Å². The van der Waals surface area contributed by atoms with E-state index in [-0.39, 0.29) is 5.82 Å². The lowest BCUT2D eigenvalue weighted by Gasteiger charge is -2.46. The topological polar surface area (TPSA) is 52.9 Å². The highest BCUT2D eigenvalue weighted by molar-refractivity contribution is 5.83. The summed E-state index contributed by atoms with van der Waals surface area (Å²) in [5.74, 6) is 0.227. The molecule has 5 heteroatoms. The summed E-state index contributed by atoms with van der Waals surface area (Å²) in [6.07, 6.45) is 0.755. The van der Waals surface area contributed by atoms with Gasteiger partial charge in [0.1, 0.15) is 17.2 Å². The number of nitrogens with zero attached hydrogens (tertiary/aromatic N) is 1. The molecule has 0 bridgehead atoms. The smallest absolute Gasteiger partial charge is 0.126 e. The van der Waals surface area contributed by atoms with Crippen LogP contribution in [0.4, 0.5) is 4.39 Å². The Bertz CT molecular complexity index is 1060. The van der Waals surface area contributed by atoms with E-state index in [1.54, 1.807) is 6.07 Å². The van der Waals surface area contributed by atoms with Gasteiger partial charge in [0.2, 0.25) is 0 Å². The first-order valence-corrected chi connectivity index (χ1v) is 10.6. The van der Waals surface area contributed by atoms with E-state index in [0.717, 1.165) is 36.9 Å². The maximum Gasteiger partial charge on any atom is 0.126 e. The van der Waals surface area contributed by atoms with Crippen LogP contribution in [0.3, 0.4) is 0 Å². The van der Waals surface area contributed by atoms with Crippen LogP contribution in [0, 0.1) is 5.82 Å². The van der Waals surface area contributed by atoms with Crippen molar-refractivity contribution in [3.63, 3.8) is 0 Å². The van der Waals surface area contributed by atoms with Gasteiger partial charge in [-0.25, -0.2) is 4.39 Å². The molecule has 2 heterocycles. The molecule has 0 aliphatic carbocycles. The first kappa shape index (κ1) is 19.5. The third-order valence-corrected chi connectivity index (χ3v) is 6.58. The highest BCUT2D eigenvalue weighted by Gasteiger charge is 2.43. The average Bonchev–Trinajstić information content (AvgIpc) is 2.76. The lowest BCUT2D eigenvalue weighted by molar-refractivity contribution is -0.0589. The van der Waals surface area contributed by atoms with Crippen molar-refractivity contribution in [3.05, 3.63) is 77.6 Å². The summed E-state index contributed by atoms with van der Waals surface area (Å²) < 4.78 is 19.8. The van der Waals surface area contributed by atoms with Crippen LogP contribution in [-0.2, 0) is 0 Å². The Hall–Kier alpha value is -2.47.